The van der Waals surface area contributed by atoms with Gasteiger partial charge in [-0.05, 0) is 66.9 Å². The van der Waals surface area contributed by atoms with Crippen LogP contribution in [0.3, 0.4) is 0 Å². The van der Waals surface area contributed by atoms with Gasteiger partial charge in [0.15, 0.2) is 0 Å². The Morgan fingerprint density at radius 1 is 0.949 bits per heavy atom. The number of aliphatic hydroxyl groups is 1. The third-order valence-electron chi connectivity index (χ3n) is 6.99. The Labute approximate surface area is 226 Å². The van der Waals surface area contributed by atoms with Crippen LogP contribution in [0.1, 0.15) is 29.7 Å². The van der Waals surface area contributed by atoms with Crippen molar-refractivity contribution < 1.29 is 28.9 Å². The van der Waals surface area contributed by atoms with Crippen molar-refractivity contribution in [2.75, 3.05) is 27.4 Å². The Hall–Kier alpha value is -4.72. The van der Waals surface area contributed by atoms with Crippen molar-refractivity contribution in [3.8, 4) is 17.2 Å². The summed E-state index contributed by atoms with van der Waals surface area (Å²) in [4.78, 5) is 31.6. The first kappa shape index (κ1) is 25.9. The van der Waals surface area contributed by atoms with Crippen molar-refractivity contribution in [3.05, 3.63) is 95.2 Å². The Balaban J connectivity index is 1.55. The monoisotopic (exact) mass is 526 g/mol. The number of nitrogens with zero attached hydrogens (tertiary/aromatic N) is 1. The molecular weight excluding hydrogens is 496 g/mol. The van der Waals surface area contributed by atoms with Gasteiger partial charge in [-0.3, -0.25) is 9.59 Å². The van der Waals surface area contributed by atoms with Crippen LogP contribution in [-0.2, 0) is 16.0 Å². The van der Waals surface area contributed by atoms with Crippen molar-refractivity contribution in [1.82, 2.24) is 9.88 Å². The first-order valence-corrected chi connectivity index (χ1v) is 12.7. The molecule has 0 unspecified atom stereocenters. The van der Waals surface area contributed by atoms with Crippen molar-refractivity contribution in [2.45, 2.75) is 19.4 Å². The van der Waals surface area contributed by atoms with Crippen LogP contribution in [0.4, 0.5) is 0 Å². The molecule has 1 fully saturated rings. The molecule has 1 aliphatic rings. The lowest BCUT2D eigenvalue weighted by atomic mass is 9.95. The number of ketones is 1. The quantitative estimate of drug-likeness (QED) is 0.176. The number of nitrogens with one attached hydrogen (secondary N) is 1. The normalized spacial score (nSPS) is 16.6. The predicted octanol–water partition coefficient (Wildman–Crippen LogP) is 5.25. The summed E-state index contributed by atoms with van der Waals surface area (Å²) in [5.74, 6) is 0.312. The SMILES string of the molecule is CCOc1ccc([C@@H]2C(=C(O)c3cccc(OC)c3)C(=O)C(=O)N2CCc2c[nH]c3ccc(OC)cc23)cc1. The standard InChI is InChI=1S/C31H30N2O6/c1-4-39-22-10-8-19(9-11-22)28-27(29(34)20-6-5-7-23(16-20)37-2)30(35)31(36)33(28)15-14-21-18-32-26-13-12-24(38-3)17-25(21)26/h5-13,16-18,28,32,34H,4,14-15H2,1-3H3/t28-/m1/s1. The minimum absolute atomic E-state index is 0.0398. The van der Waals surface area contributed by atoms with Gasteiger partial charge in [0.25, 0.3) is 11.7 Å². The molecule has 39 heavy (non-hydrogen) atoms. The molecule has 0 bridgehead atoms. The zero-order chi connectivity index (χ0) is 27.5. The van der Waals surface area contributed by atoms with Crippen LogP contribution in [0, 0.1) is 0 Å². The van der Waals surface area contributed by atoms with Crippen LogP contribution in [0.25, 0.3) is 16.7 Å². The number of likely N-dealkylation sites (tertiary alicyclic amines) is 1. The van der Waals surface area contributed by atoms with Crippen molar-refractivity contribution >= 4 is 28.4 Å². The van der Waals surface area contributed by atoms with Crippen LogP contribution in [0.15, 0.2) is 78.5 Å². The highest BCUT2D eigenvalue weighted by molar-refractivity contribution is 6.46. The third-order valence-corrected chi connectivity index (χ3v) is 6.99. The summed E-state index contributed by atoms with van der Waals surface area (Å²) >= 11 is 0. The molecule has 2 N–H and O–H groups in total. The van der Waals surface area contributed by atoms with Gasteiger partial charge in [0, 0.05) is 29.2 Å². The molecule has 5 rings (SSSR count). The van der Waals surface area contributed by atoms with E-state index in [-0.39, 0.29) is 17.9 Å². The van der Waals surface area contributed by atoms with Gasteiger partial charge < -0.3 is 29.2 Å². The van der Waals surface area contributed by atoms with Crippen LogP contribution in [0.5, 0.6) is 17.2 Å². The largest absolute Gasteiger partial charge is 0.507 e. The fourth-order valence-corrected chi connectivity index (χ4v) is 5.03. The summed E-state index contributed by atoms with van der Waals surface area (Å²) in [5.41, 5.74) is 3.07. The molecular formula is C31H30N2O6. The van der Waals surface area contributed by atoms with E-state index in [1.807, 2.05) is 43.5 Å². The molecule has 1 amide bonds. The number of ether oxygens (including phenoxy) is 3. The molecule has 8 heteroatoms. The third kappa shape index (κ3) is 4.93. The van der Waals surface area contributed by atoms with E-state index in [0.29, 0.717) is 35.7 Å². The number of methoxy groups -OCH3 is 2. The molecule has 0 saturated carbocycles. The summed E-state index contributed by atoms with van der Waals surface area (Å²) in [6, 6.07) is 19.0. The lowest BCUT2D eigenvalue weighted by molar-refractivity contribution is -0.139. The van der Waals surface area contributed by atoms with Crippen molar-refractivity contribution in [3.63, 3.8) is 0 Å². The number of aromatic nitrogens is 1. The van der Waals surface area contributed by atoms with Crippen LogP contribution < -0.4 is 14.2 Å². The maximum atomic E-state index is 13.4. The van der Waals surface area contributed by atoms with Gasteiger partial charge >= 0.3 is 0 Å². The van der Waals surface area contributed by atoms with E-state index in [2.05, 4.69) is 4.98 Å². The Kier molecular flexibility index (Phi) is 7.27. The molecule has 1 aromatic heterocycles. The van der Waals surface area contributed by atoms with E-state index >= 15 is 0 Å². The van der Waals surface area contributed by atoms with Crippen LogP contribution in [0.2, 0.25) is 0 Å². The minimum atomic E-state index is -0.772. The number of benzene rings is 3. The Bertz CT molecular complexity index is 1550. The number of hydrogen-bond donors (Lipinski definition) is 2. The van der Waals surface area contributed by atoms with Gasteiger partial charge in [0.2, 0.25) is 0 Å². The lowest BCUT2D eigenvalue weighted by Crippen LogP contribution is -2.31. The molecule has 0 spiro atoms. The Morgan fingerprint density at radius 3 is 2.38 bits per heavy atom. The first-order chi connectivity index (χ1) is 18.9. The van der Waals surface area contributed by atoms with Gasteiger partial charge in [0.05, 0.1) is 32.4 Å². The number of hydrogen-bond acceptors (Lipinski definition) is 6. The summed E-state index contributed by atoms with van der Waals surface area (Å²) < 4.78 is 16.3. The number of rotatable bonds is 9. The summed E-state index contributed by atoms with van der Waals surface area (Å²) in [6.07, 6.45) is 2.40. The maximum Gasteiger partial charge on any atom is 0.295 e. The molecule has 2 heterocycles. The number of carbonyl (C=O) groups excluding carboxylic acids is 2. The average Bonchev–Trinajstić information content (AvgIpc) is 3.49. The predicted molar refractivity (Wildman–Crippen MR) is 148 cm³/mol. The molecule has 1 saturated heterocycles. The highest BCUT2D eigenvalue weighted by atomic mass is 16.5. The summed E-state index contributed by atoms with van der Waals surface area (Å²) in [7, 11) is 3.14. The summed E-state index contributed by atoms with van der Waals surface area (Å²) in [6.45, 7) is 2.68. The number of aliphatic hydroxyl groups excluding tert-OH is 1. The van der Waals surface area contributed by atoms with Crippen LogP contribution in [-0.4, -0.2) is 54.1 Å². The molecule has 8 nitrogen and oxygen atoms in total. The van der Waals surface area contributed by atoms with E-state index in [1.165, 1.54) is 12.0 Å². The Morgan fingerprint density at radius 2 is 1.67 bits per heavy atom. The minimum Gasteiger partial charge on any atom is -0.507 e. The summed E-state index contributed by atoms with van der Waals surface area (Å²) in [5, 5.41) is 12.3. The first-order valence-electron chi connectivity index (χ1n) is 12.7. The van der Waals surface area contributed by atoms with E-state index in [4.69, 9.17) is 14.2 Å². The molecule has 1 atom stereocenters. The van der Waals surface area contributed by atoms with E-state index in [0.717, 1.165) is 22.2 Å². The smallest absolute Gasteiger partial charge is 0.295 e. The van der Waals surface area contributed by atoms with Gasteiger partial charge in [-0.1, -0.05) is 24.3 Å². The zero-order valence-electron chi connectivity index (χ0n) is 22.1. The van der Waals surface area contributed by atoms with Gasteiger partial charge in [-0.25, -0.2) is 0 Å². The van der Waals surface area contributed by atoms with Crippen molar-refractivity contribution in [1.29, 1.82) is 0 Å². The van der Waals surface area contributed by atoms with Gasteiger partial charge in [0.1, 0.15) is 23.0 Å². The molecule has 0 radical (unpaired) electrons. The van der Waals surface area contributed by atoms with E-state index < -0.39 is 17.7 Å². The molecule has 0 aliphatic carbocycles. The number of carbonyl (C=O) groups is 2. The molecule has 3 aromatic carbocycles. The number of aromatic amines is 1. The highest BCUT2D eigenvalue weighted by Gasteiger charge is 2.46. The van der Waals surface area contributed by atoms with Gasteiger partial charge in [-0.15, -0.1) is 0 Å². The second-order valence-electron chi connectivity index (χ2n) is 9.20. The average molecular weight is 527 g/mol. The molecule has 1 aliphatic heterocycles. The fraction of sp³-hybridized carbons (Fsp3) is 0.226. The number of Topliss-reactive ketones (excluding diaryl/α,β-unsaturated/α-hetero) is 1. The topological polar surface area (TPSA) is 101 Å². The molecule has 4 aromatic rings. The maximum absolute atomic E-state index is 13.4. The fourth-order valence-electron chi connectivity index (χ4n) is 5.03. The van der Waals surface area contributed by atoms with E-state index in [9.17, 15) is 14.7 Å². The lowest BCUT2D eigenvalue weighted by Gasteiger charge is -2.25. The van der Waals surface area contributed by atoms with Crippen molar-refractivity contribution in [2.24, 2.45) is 0 Å². The van der Waals surface area contributed by atoms with E-state index in [1.54, 1.807) is 43.5 Å². The second kappa shape index (κ2) is 10.9. The number of fused-ring (bicyclic) bond motifs is 1. The number of amides is 1. The zero-order valence-corrected chi connectivity index (χ0v) is 22.1. The second-order valence-corrected chi connectivity index (χ2v) is 9.20. The highest BCUT2D eigenvalue weighted by Crippen LogP contribution is 2.40. The van der Waals surface area contributed by atoms with Gasteiger partial charge in [-0.2, -0.15) is 0 Å². The number of H-pyrrole nitrogens is 1. The molecule has 200 valence electrons. The van der Waals surface area contributed by atoms with Crippen LogP contribution >= 0.6 is 0 Å².